The highest BCUT2D eigenvalue weighted by atomic mass is 32.2. The Morgan fingerprint density at radius 3 is 2.94 bits per heavy atom. The first-order chi connectivity index (χ1) is 7.72. The van der Waals surface area contributed by atoms with Gasteiger partial charge in [-0.2, -0.15) is 0 Å². The van der Waals surface area contributed by atoms with Gasteiger partial charge in [-0.05, 0) is 32.4 Å². The fraction of sp³-hybridized carbons (Fsp3) is 0.429. The van der Waals surface area contributed by atoms with Gasteiger partial charge in [0, 0.05) is 17.1 Å². The Balaban J connectivity index is 2.30. The van der Waals surface area contributed by atoms with Crippen LogP contribution in [0.2, 0.25) is 0 Å². The van der Waals surface area contributed by atoms with Gasteiger partial charge in [-0.15, -0.1) is 23.6 Å². The van der Waals surface area contributed by atoms with E-state index < -0.39 is 0 Å². The van der Waals surface area contributed by atoms with Gasteiger partial charge in [-0.25, -0.2) is 0 Å². The van der Waals surface area contributed by atoms with Crippen molar-refractivity contribution < 1.29 is 5.11 Å². The Labute approximate surface area is 102 Å². The topological polar surface area (TPSA) is 20.2 Å². The zero-order valence-electron chi connectivity index (χ0n) is 9.86. The van der Waals surface area contributed by atoms with Gasteiger partial charge in [0.15, 0.2) is 0 Å². The van der Waals surface area contributed by atoms with E-state index in [0.717, 1.165) is 18.6 Å². The molecule has 2 heteroatoms. The van der Waals surface area contributed by atoms with Crippen LogP contribution in [0.4, 0.5) is 0 Å². The van der Waals surface area contributed by atoms with Crippen molar-refractivity contribution in [2.45, 2.75) is 37.7 Å². The second-order valence-electron chi connectivity index (χ2n) is 3.75. The van der Waals surface area contributed by atoms with E-state index in [9.17, 15) is 5.11 Å². The number of benzene rings is 1. The van der Waals surface area contributed by atoms with Gasteiger partial charge in [-0.3, -0.25) is 0 Å². The van der Waals surface area contributed by atoms with Crippen molar-refractivity contribution in [1.82, 2.24) is 0 Å². The second kappa shape index (κ2) is 7.38. The maximum absolute atomic E-state index is 9.72. The molecular weight excluding hydrogens is 216 g/mol. The summed E-state index contributed by atoms with van der Waals surface area (Å²) >= 11 is 1.70. The van der Waals surface area contributed by atoms with Crippen molar-refractivity contribution in [3.63, 3.8) is 0 Å². The van der Waals surface area contributed by atoms with E-state index in [0.29, 0.717) is 0 Å². The molecule has 86 valence electrons. The van der Waals surface area contributed by atoms with Crippen LogP contribution in [0.5, 0.6) is 0 Å². The fourth-order valence-electron chi connectivity index (χ4n) is 1.34. The SMILES string of the molecule is CC#CCCC(O)CSc1cccc(C)c1. The molecule has 16 heavy (non-hydrogen) atoms. The number of aliphatic hydroxyl groups excluding tert-OH is 1. The minimum Gasteiger partial charge on any atom is -0.392 e. The zero-order valence-corrected chi connectivity index (χ0v) is 10.7. The van der Waals surface area contributed by atoms with Crippen molar-refractivity contribution in [3.05, 3.63) is 29.8 Å². The number of hydrogen-bond donors (Lipinski definition) is 1. The lowest BCUT2D eigenvalue weighted by Crippen LogP contribution is -2.08. The van der Waals surface area contributed by atoms with Crippen molar-refractivity contribution in [2.24, 2.45) is 0 Å². The normalized spacial score (nSPS) is 11.7. The summed E-state index contributed by atoms with van der Waals surface area (Å²) in [5, 5.41) is 9.72. The molecule has 0 saturated carbocycles. The average molecular weight is 234 g/mol. The van der Waals surface area contributed by atoms with Gasteiger partial charge < -0.3 is 5.11 Å². The third kappa shape index (κ3) is 5.25. The number of hydrogen-bond acceptors (Lipinski definition) is 2. The van der Waals surface area contributed by atoms with E-state index in [-0.39, 0.29) is 6.10 Å². The van der Waals surface area contributed by atoms with Crippen molar-refractivity contribution >= 4 is 11.8 Å². The quantitative estimate of drug-likeness (QED) is 0.623. The summed E-state index contributed by atoms with van der Waals surface area (Å²) in [6.45, 7) is 3.91. The number of aliphatic hydroxyl groups is 1. The molecule has 0 aliphatic rings. The highest BCUT2D eigenvalue weighted by molar-refractivity contribution is 7.99. The van der Waals surface area contributed by atoms with Crippen LogP contribution in [0, 0.1) is 18.8 Å². The molecule has 0 fully saturated rings. The summed E-state index contributed by atoms with van der Waals surface area (Å²) in [6.07, 6.45) is 1.29. The minimum atomic E-state index is -0.258. The molecule has 0 radical (unpaired) electrons. The zero-order chi connectivity index (χ0) is 11.8. The smallest absolute Gasteiger partial charge is 0.0643 e. The predicted molar refractivity (Wildman–Crippen MR) is 70.6 cm³/mol. The molecule has 0 aliphatic heterocycles. The Morgan fingerprint density at radius 1 is 1.44 bits per heavy atom. The lowest BCUT2D eigenvalue weighted by Gasteiger charge is -2.08. The molecule has 0 bridgehead atoms. The summed E-state index contributed by atoms with van der Waals surface area (Å²) in [7, 11) is 0. The third-order valence-corrected chi connectivity index (χ3v) is 3.35. The first-order valence-electron chi connectivity index (χ1n) is 5.49. The highest BCUT2D eigenvalue weighted by Gasteiger charge is 2.04. The van der Waals surface area contributed by atoms with Gasteiger partial charge in [0.1, 0.15) is 0 Å². The molecule has 1 N–H and O–H groups in total. The Hall–Kier alpha value is -0.910. The molecule has 1 nitrogen and oxygen atoms in total. The number of thioether (sulfide) groups is 1. The largest absolute Gasteiger partial charge is 0.392 e. The van der Waals surface area contributed by atoms with Crippen LogP contribution in [0.25, 0.3) is 0 Å². The van der Waals surface area contributed by atoms with Crippen molar-refractivity contribution in [2.75, 3.05) is 5.75 Å². The minimum absolute atomic E-state index is 0.258. The maximum Gasteiger partial charge on any atom is 0.0643 e. The summed E-state index contributed by atoms with van der Waals surface area (Å²) < 4.78 is 0. The molecule has 1 atom stereocenters. The lowest BCUT2D eigenvalue weighted by molar-refractivity contribution is 0.191. The number of rotatable bonds is 5. The average Bonchev–Trinajstić information content (AvgIpc) is 2.27. The molecule has 1 unspecified atom stereocenters. The van der Waals surface area contributed by atoms with E-state index in [2.05, 4.69) is 37.0 Å². The Kier molecular flexibility index (Phi) is 6.07. The first-order valence-corrected chi connectivity index (χ1v) is 6.48. The summed E-state index contributed by atoms with van der Waals surface area (Å²) in [5.41, 5.74) is 1.26. The van der Waals surface area contributed by atoms with Gasteiger partial charge in [0.2, 0.25) is 0 Å². The standard InChI is InChI=1S/C14H18OS/c1-3-4-5-8-13(15)11-16-14-9-6-7-12(2)10-14/h6-7,9-10,13,15H,5,8,11H2,1-2H3. The van der Waals surface area contributed by atoms with Crippen LogP contribution in [-0.4, -0.2) is 17.0 Å². The van der Waals surface area contributed by atoms with Crippen LogP contribution in [0.15, 0.2) is 29.2 Å². The van der Waals surface area contributed by atoms with Crippen molar-refractivity contribution in [3.8, 4) is 11.8 Å². The fourth-order valence-corrected chi connectivity index (χ4v) is 2.34. The summed E-state index contributed by atoms with van der Waals surface area (Å²) in [6, 6.07) is 8.35. The van der Waals surface area contributed by atoms with E-state index in [4.69, 9.17) is 0 Å². The third-order valence-electron chi connectivity index (χ3n) is 2.21. The van der Waals surface area contributed by atoms with Gasteiger partial charge >= 0.3 is 0 Å². The highest BCUT2D eigenvalue weighted by Crippen LogP contribution is 2.20. The van der Waals surface area contributed by atoms with Crippen LogP contribution >= 0.6 is 11.8 Å². The van der Waals surface area contributed by atoms with Gasteiger partial charge in [0.05, 0.1) is 6.10 Å². The molecule has 0 spiro atoms. The second-order valence-corrected chi connectivity index (χ2v) is 4.84. The maximum atomic E-state index is 9.72. The van der Waals surface area contributed by atoms with Crippen molar-refractivity contribution in [1.29, 1.82) is 0 Å². The van der Waals surface area contributed by atoms with E-state index >= 15 is 0 Å². The van der Waals surface area contributed by atoms with Crippen LogP contribution in [0.3, 0.4) is 0 Å². The predicted octanol–water partition coefficient (Wildman–Crippen LogP) is 3.25. The molecule has 1 rings (SSSR count). The molecule has 0 aromatic heterocycles. The van der Waals surface area contributed by atoms with Gasteiger partial charge in [0.25, 0.3) is 0 Å². The van der Waals surface area contributed by atoms with Crippen LogP contribution in [-0.2, 0) is 0 Å². The Morgan fingerprint density at radius 2 is 2.25 bits per heavy atom. The van der Waals surface area contributed by atoms with Gasteiger partial charge in [-0.1, -0.05) is 17.7 Å². The first kappa shape index (κ1) is 13.2. The molecule has 0 amide bonds. The van der Waals surface area contributed by atoms with E-state index in [1.165, 1.54) is 10.5 Å². The molecule has 1 aromatic rings. The van der Waals surface area contributed by atoms with E-state index in [1.807, 2.05) is 13.0 Å². The molecule has 0 heterocycles. The lowest BCUT2D eigenvalue weighted by atomic mass is 10.2. The molecular formula is C14H18OS. The van der Waals surface area contributed by atoms with Crippen LogP contribution in [0.1, 0.15) is 25.3 Å². The van der Waals surface area contributed by atoms with Crippen LogP contribution < -0.4 is 0 Å². The molecule has 0 saturated heterocycles. The summed E-state index contributed by atoms with van der Waals surface area (Å²) in [4.78, 5) is 1.22. The molecule has 0 aliphatic carbocycles. The van der Waals surface area contributed by atoms with E-state index in [1.54, 1.807) is 11.8 Å². The number of aryl methyl sites for hydroxylation is 1. The Bertz CT molecular complexity index is 376. The molecule has 1 aromatic carbocycles. The monoisotopic (exact) mass is 234 g/mol. The summed E-state index contributed by atoms with van der Waals surface area (Å²) in [5.74, 6) is 6.55.